The number of hydrogen-bond donors (Lipinski definition) is 2. The van der Waals surface area contributed by atoms with Crippen LogP contribution in [-0.4, -0.2) is 40.3 Å². The molecule has 2 N–H and O–H groups in total. The van der Waals surface area contributed by atoms with Crippen LogP contribution in [0.1, 0.15) is 63.2 Å². The molecule has 0 aliphatic carbocycles. The van der Waals surface area contributed by atoms with Gasteiger partial charge in [0.05, 0.1) is 30.5 Å². The second-order valence-electron chi connectivity index (χ2n) is 8.90. The zero-order valence-electron chi connectivity index (χ0n) is 22.6. The Morgan fingerprint density at radius 1 is 1.32 bits per heavy atom. The molecule has 38 heavy (non-hydrogen) atoms. The van der Waals surface area contributed by atoms with Crippen LogP contribution < -0.4 is 15.6 Å². The molecule has 3 aromatic rings. The number of aliphatic imine (C=N–C) groups is 1. The third-order valence-corrected chi connectivity index (χ3v) is 6.03. The molecule has 0 radical (unpaired) electrons. The standard InChI is InChI=1S/C28H33N7O3/c1-7-17(2)12-23(21-9-11-25(36)35(16-21)18(3)14-29)32-26(19(4)30)28-34-33-27(38-28)22-10-8-20(15-31-5)13-24(22)37-6/h8-13,16,18,23,30-31H,7,15H2,1-6H3. The van der Waals surface area contributed by atoms with Gasteiger partial charge < -0.3 is 19.9 Å². The monoisotopic (exact) mass is 515 g/mol. The normalized spacial score (nSPS) is 13.6. The van der Waals surface area contributed by atoms with E-state index in [9.17, 15) is 10.1 Å². The van der Waals surface area contributed by atoms with Gasteiger partial charge in [0, 0.05) is 18.8 Å². The molecule has 0 saturated heterocycles. The first-order chi connectivity index (χ1) is 18.2. The molecule has 2 aromatic heterocycles. The van der Waals surface area contributed by atoms with Crippen molar-refractivity contribution in [2.75, 3.05) is 14.2 Å². The van der Waals surface area contributed by atoms with Gasteiger partial charge in [-0.05, 0) is 63.6 Å². The Labute approximate surface area is 222 Å². The molecule has 10 nitrogen and oxygen atoms in total. The van der Waals surface area contributed by atoms with E-state index in [0.717, 1.165) is 17.6 Å². The fourth-order valence-electron chi connectivity index (χ4n) is 3.76. The minimum atomic E-state index is -0.639. The van der Waals surface area contributed by atoms with Crippen molar-refractivity contribution in [3.63, 3.8) is 0 Å². The van der Waals surface area contributed by atoms with E-state index in [0.29, 0.717) is 23.4 Å². The van der Waals surface area contributed by atoms with Gasteiger partial charge in [-0.2, -0.15) is 5.26 Å². The molecular weight excluding hydrogens is 482 g/mol. The third-order valence-electron chi connectivity index (χ3n) is 6.03. The Hall–Kier alpha value is -4.36. The van der Waals surface area contributed by atoms with Crippen molar-refractivity contribution in [3.05, 3.63) is 75.5 Å². The molecule has 1 aromatic carbocycles. The number of rotatable bonds is 11. The van der Waals surface area contributed by atoms with Gasteiger partial charge in [0.25, 0.3) is 17.3 Å². The van der Waals surface area contributed by atoms with Gasteiger partial charge >= 0.3 is 0 Å². The van der Waals surface area contributed by atoms with E-state index in [1.807, 2.05) is 45.2 Å². The first kappa shape index (κ1) is 28.2. The molecule has 0 amide bonds. The van der Waals surface area contributed by atoms with Gasteiger partial charge in [-0.3, -0.25) is 14.4 Å². The average molecular weight is 516 g/mol. The summed E-state index contributed by atoms with van der Waals surface area (Å²) in [6.45, 7) is 7.96. The highest BCUT2D eigenvalue weighted by atomic mass is 16.5. The van der Waals surface area contributed by atoms with Crippen molar-refractivity contribution in [1.29, 1.82) is 10.7 Å². The molecule has 0 aliphatic rings. The van der Waals surface area contributed by atoms with Gasteiger partial charge in [0.1, 0.15) is 17.5 Å². The van der Waals surface area contributed by atoms with Crippen LogP contribution in [0, 0.1) is 16.7 Å². The molecule has 10 heteroatoms. The lowest BCUT2D eigenvalue weighted by atomic mass is 10.0. The van der Waals surface area contributed by atoms with Crippen molar-refractivity contribution in [1.82, 2.24) is 20.1 Å². The number of methoxy groups -OCH3 is 1. The molecule has 0 saturated carbocycles. The summed E-state index contributed by atoms with van der Waals surface area (Å²) >= 11 is 0. The van der Waals surface area contributed by atoms with E-state index in [2.05, 4.69) is 21.6 Å². The van der Waals surface area contributed by atoms with Gasteiger partial charge in [0.15, 0.2) is 0 Å². The largest absolute Gasteiger partial charge is 0.496 e. The van der Waals surface area contributed by atoms with Gasteiger partial charge in [-0.1, -0.05) is 24.6 Å². The zero-order chi connectivity index (χ0) is 27.8. The van der Waals surface area contributed by atoms with Crippen molar-refractivity contribution in [2.45, 2.75) is 52.7 Å². The summed E-state index contributed by atoms with van der Waals surface area (Å²) in [5, 5.41) is 29.3. The number of hydrogen-bond acceptors (Lipinski definition) is 9. The number of allylic oxidation sites excluding steroid dienone is 1. The molecule has 2 heterocycles. The Morgan fingerprint density at radius 2 is 2.08 bits per heavy atom. The quantitative estimate of drug-likeness (QED) is 0.280. The Bertz CT molecular complexity index is 1460. The first-order valence-corrected chi connectivity index (χ1v) is 12.3. The second kappa shape index (κ2) is 12.7. The number of pyridine rings is 1. The lowest BCUT2D eigenvalue weighted by molar-refractivity contribution is 0.413. The lowest BCUT2D eigenvalue weighted by Gasteiger charge is -2.15. The summed E-state index contributed by atoms with van der Waals surface area (Å²) < 4.78 is 12.9. The van der Waals surface area contributed by atoms with Crippen molar-refractivity contribution < 1.29 is 9.15 Å². The topological polar surface area (TPSA) is 142 Å². The summed E-state index contributed by atoms with van der Waals surface area (Å²) in [5.74, 6) is 0.932. The van der Waals surface area contributed by atoms with Crippen LogP contribution in [-0.2, 0) is 6.54 Å². The predicted molar refractivity (Wildman–Crippen MR) is 147 cm³/mol. The number of nitriles is 1. The van der Waals surface area contributed by atoms with E-state index in [1.165, 1.54) is 10.6 Å². The number of nitrogens with zero attached hydrogens (tertiary/aromatic N) is 5. The molecule has 198 valence electrons. The highest BCUT2D eigenvalue weighted by molar-refractivity contribution is 6.45. The van der Waals surface area contributed by atoms with Crippen LogP contribution >= 0.6 is 0 Å². The minimum Gasteiger partial charge on any atom is -0.496 e. The molecule has 0 fully saturated rings. The Balaban J connectivity index is 2.11. The van der Waals surface area contributed by atoms with Crippen molar-refractivity contribution >= 4 is 11.4 Å². The van der Waals surface area contributed by atoms with Gasteiger partial charge in [-0.25, -0.2) is 0 Å². The van der Waals surface area contributed by atoms with Crippen LogP contribution in [0.2, 0.25) is 0 Å². The fourth-order valence-corrected chi connectivity index (χ4v) is 3.76. The summed E-state index contributed by atoms with van der Waals surface area (Å²) in [5.41, 5.74) is 3.53. The minimum absolute atomic E-state index is 0.0973. The third kappa shape index (κ3) is 6.49. The molecule has 0 spiro atoms. The number of nitrogens with one attached hydrogen (secondary N) is 2. The van der Waals surface area contributed by atoms with Gasteiger partial charge in [-0.15, -0.1) is 10.2 Å². The Kier molecular flexibility index (Phi) is 9.46. The zero-order valence-corrected chi connectivity index (χ0v) is 22.6. The molecule has 2 atom stereocenters. The predicted octanol–water partition coefficient (Wildman–Crippen LogP) is 4.64. The highest BCUT2D eigenvalue weighted by Crippen LogP contribution is 2.31. The van der Waals surface area contributed by atoms with E-state index in [1.54, 1.807) is 33.2 Å². The number of ether oxygens (including phenoxy) is 1. The molecule has 0 aliphatic heterocycles. The molecule has 0 bridgehead atoms. The maximum Gasteiger partial charge on any atom is 0.268 e. The highest BCUT2D eigenvalue weighted by Gasteiger charge is 2.21. The first-order valence-electron chi connectivity index (χ1n) is 12.3. The summed E-state index contributed by atoms with van der Waals surface area (Å²) in [6.07, 6.45) is 4.40. The van der Waals surface area contributed by atoms with E-state index in [4.69, 9.17) is 19.6 Å². The fraction of sp³-hybridized carbons (Fsp3) is 0.357. The average Bonchev–Trinajstić information content (AvgIpc) is 3.40. The van der Waals surface area contributed by atoms with Crippen molar-refractivity contribution in [3.8, 4) is 23.3 Å². The van der Waals surface area contributed by atoms with E-state index < -0.39 is 12.1 Å². The lowest BCUT2D eigenvalue weighted by Crippen LogP contribution is -2.22. The Morgan fingerprint density at radius 3 is 2.71 bits per heavy atom. The number of aromatic nitrogens is 3. The van der Waals surface area contributed by atoms with Crippen LogP contribution in [0.3, 0.4) is 0 Å². The molecule has 2 unspecified atom stereocenters. The SMILES string of the molecule is CCC(C)=CC(N=C(C(C)=N)c1nnc(-c2ccc(CNC)cc2OC)o1)c1ccc(=O)n(C(C)C#N)c1. The second-order valence-corrected chi connectivity index (χ2v) is 8.90. The maximum atomic E-state index is 12.4. The van der Waals surface area contributed by atoms with E-state index in [-0.39, 0.29) is 28.8 Å². The maximum absolute atomic E-state index is 12.4. The summed E-state index contributed by atoms with van der Waals surface area (Å²) in [7, 11) is 3.45. The van der Waals surface area contributed by atoms with E-state index >= 15 is 0 Å². The number of benzene rings is 1. The van der Waals surface area contributed by atoms with Gasteiger partial charge in [0.2, 0.25) is 0 Å². The summed E-state index contributed by atoms with van der Waals surface area (Å²) in [4.78, 5) is 17.2. The van der Waals surface area contributed by atoms with Crippen molar-refractivity contribution in [2.24, 2.45) is 4.99 Å². The smallest absolute Gasteiger partial charge is 0.268 e. The van der Waals surface area contributed by atoms with Crippen LogP contribution in [0.15, 0.2) is 62.4 Å². The molecule has 3 rings (SSSR count). The van der Waals surface area contributed by atoms with Crippen LogP contribution in [0.25, 0.3) is 11.5 Å². The molecular formula is C28H33N7O3. The van der Waals surface area contributed by atoms with Crippen LogP contribution in [0.4, 0.5) is 0 Å². The van der Waals surface area contributed by atoms with Crippen LogP contribution in [0.5, 0.6) is 5.75 Å². The summed E-state index contributed by atoms with van der Waals surface area (Å²) in [6, 6.07) is 9.72.